The first-order chi connectivity index (χ1) is 12.3. The van der Waals surface area contributed by atoms with Gasteiger partial charge in [-0.2, -0.15) is 8.78 Å². The fraction of sp³-hybridized carbons (Fsp3) is 0.381. The predicted octanol–water partition coefficient (Wildman–Crippen LogP) is 5.54. The molecule has 0 spiro atoms. The first-order valence-corrected chi connectivity index (χ1v) is 8.73. The molecular weight excluding hydrogens is 336 g/mol. The quantitative estimate of drug-likeness (QED) is 0.703. The summed E-state index contributed by atoms with van der Waals surface area (Å²) < 4.78 is 29.1. The van der Waals surface area contributed by atoms with Crippen molar-refractivity contribution < 1.29 is 18.3 Å². The van der Waals surface area contributed by atoms with Gasteiger partial charge in [-0.05, 0) is 41.2 Å². The highest BCUT2D eigenvalue weighted by Gasteiger charge is 2.20. The lowest BCUT2D eigenvalue weighted by Gasteiger charge is -2.23. The average Bonchev–Trinajstić information content (AvgIpc) is 2.59. The van der Waals surface area contributed by atoms with Crippen molar-refractivity contribution in [3.05, 3.63) is 65.2 Å². The summed E-state index contributed by atoms with van der Waals surface area (Å²) in [5.41, 5.74) is 2.53. The molecule has 2 aromatic rings. The third-order valence-electron chi connectivity index (χ3n) is 4.24. The van der Waals surface area contributed by atoms with E-state index in [4.69, 9.17) is 0 Å². The van der Waals surface area contributed by atoms with Gasteiger partial charge in [-0.1, -0.05) is 58.0 Å². The van der Waals surface area contributed by atoms with E-state index in [2.05, 4.69) is 36.0 Å². The monoisotopic (exact) mass is 361 g/mol. The Balaban J connectivity index is 2.18. The summed E-state index contributed by atoms with van der Waals surface area (Å²) in [5, 5.41) is 3.00. The molecule has 140 valence electrons. The van der Waals surface area contributed by atoms with Crippen molar-refractivity contribution in [2.24, 2.45) is 5.92 Å². The summed E-state index contributed by atoms with van der Waals surface area (Å²) >= 11 is 0. The first-order valence-electron chi connectivity index (χ1n) is 8.73. The second-order valence-electron chi connectivity index (χ2n) is 6.92. The molecule has 0 aliphatic heterocycles. The number of alkyl halides is 2. The lowest BCUT2D eigenvalue weighted by molar-refractivity contribution is -0.0498. The van der Waals surface area contributed by atoms with Crippen molar-refractivity contribution in [1.29, 1.82) is 0 Å². The van der Waals surface area contributed by atoms with Crippen LogP contribution in [0.5, 0.6) is 5.75 Å². The van der Waals surface area contributed by atoms with Crippen LogP contribution in [0.25, 0.3) is 0 Å². The molecular formula is C21H25F2NO2. The molecule has 0 bridgehead atoms. The van der Waals surface area contributed by atoms with Crippen LogP contribution in [0.1, 0.15) is 61.1 Å². The van der Waals surface area contributed by atoms with Gasteiger partial charge < -0.3 is 10.1 Å². The molecule has 26 heavy (non-hydrogen) atoms. The van der Waals surface area contributed by atoms with Crippen LogP contribution in [0.2, 0.25) is 0 Å². The minimum absolute atomic E-state index is 0.0324. The molecule has 0 unspecified atom stereocenters. The SMILES string of the molecule is CC(C)c1ccc([C@H](NC(=O)c2cccc(OC(F)F)c2)C(C)C)cc1. The standard InChI is InChI=1S/C21H25F2NO2/c1-13(2)15-8-10-16(11-9-15)19(14(3)4)24-20(25)17-6-5-7-18(12-17)26-21(22)23/h5-14,19,21H,1-4H3,(H,24,25)/t19-/m1/s1. The molecule has 3 nitrogen and oxygen atoms in total. The van der Waals surface area contributed by atoms with Crippen LogP contribution in [0.4, 0.5) is 8.78 Å². The third kappa shape index (κ3) is 5.28. The van der Waals surface area contributed by atoms with E-state index in [1.54, 1.807) is 6.07 Å². The zero-order valence-corrected chi connectivity index (χ0v) is 15.5. The van der Waals surface area contributed by atoms with Crippen molar-refractivity contribution in [1.82, 2.24) is 5.32 Å². The molecule has 0 heterocycles. The summed E-state index contributed by atoms with van der Waals surface area (Å²) in [6.07, 6.45) is 0. The van der Waals surface area contributed by atoms with E-state index in [-0.39, 0.29) is 29.2 Å². The molecule has 5 heteroatoms. The van der Waals surface area contributed by atoms with Crippen LogP contribution in [-0.4, -0.2) is 12.5 Å². The van der Waals surface area contributed by atoms with Crippen LogP contribution in [0, 0.1) is 5.92 Å². The number of amides is 1. The number of nitrogens with one attached hydrogen (secondary N) is 1. The molecule has 0 fully saturated rings. The Morgan fingerprint density at radius 3 is 2.12 bits per heavy atom. The number of ether oxygens (including phenoxy) is 1. The van der Waals surface area contributed by atoms with Gasteiger partial charge in [0, 0.05) is 5.56 Å². The number of carbonyl (C=O) groups is 1. The van der Waals surface area contributed by atoms with Crippen LogP contribution in [0.3, 0.4) is 0 Å². The summed E-state index contributed by atoms with van der Waals surface area (Å²) in [5.74, 6) is 0.254. The number of hydrogen-bond donors (Lipinski definition) is 1. The Kier molecular flexibility index (Phi) is 6.72. The van der Waals surface area contributed by atoms with Gasteiger partial charge in [0.25, 0.3) is 5.91 Å². The molecule has 0 saturated carbocycles. The van der Waals surface area contributed by atoms with Gasteiger partial charge in [0.2, 0.25) is 0 Å². The van der Waals surface area contributed by atoms with Gasteiger partial charge in [0.15, 0.2) is 0 Å². The second-order valence-corrected chi connectivity index (χ2v) is 6.92. The van der Waals surface area contributed by atoms with Crippen molar-refractivity contribution in [2.45, 2.75) is 46.3 Å². The van der Waals surface area contributed by atoms with Crippen LogP contribution < -0.4 is 10.1 Å². The lowest BCUT2D eigenvalue weighted by Crippen LogP contribution is -2.31. The first kappa shape index (κ1) is 19.9. The van der Waals surface area contributed by atoms with E-state index in [0.717, 1.165) is 5.56 Å². The molecule has 0 aliphatic carbocycles. The van der Waals surface area contributed by atoms with Crippen molar-refractivity contribution >= 4 is 5.91 Å². The fourth-order valence-electron chi connectivity index (χ4n) is 2.76. The molecule has 1 N–H and O–H groups in total. The van der Waals surface area contributed by atoms with Crippen LogP contribution >= 0.6 is 0 Å². The fourth-order valence-corrected chi connectivity index (χ4v) is 2.76. The normalized spacial score (nSPS) is 12.5. The molecule has 0 aliphatic rings. The van der Waals surface area contributed by atoms with E-state index in [1.807, 2.05) is 26.0 Å². The zero-order chi connectivity index (χ0) is 19.3. The van der Waals surface area contributed by atoms with Gasteiger partial charge in [-0.15, -0.1) is 0 Å². The Hall–Kier alpha value is -2.43. The Labute approximate surface area is 153 Å². The maximum Gasteiger partial charge on any atom is 0.387 e. The zero-order valence-electron chi connectivity index (χ0n) is 15.5. The maximum atomic E-state index is 12.6. The summed E-state index contributed by atoms with van der Waals surface area (Å²) in [6.45, 7) is 5.39. The van der Waals surface area contributed by atoms with Crippen LogP contribution in [0.15, 0.2) is 48.5 Å². The molecule has 2 rings (SSSR count). The largest absolute Gasteiger partial charge is 0.435 e. The molecule has 0 radical (unpaired) electrons. The van der Waals surface area contributed by atoms with E-state index < -0.39 is 6.61 Å². The smallest absolute Gasteiger partial charge is 0.387 e. The number of hydrogen-bond acceptors (Lipinski definition) is 2. The summed E-state index contributed by atoms with van der Waals surface area (Å²) in [4.78, 5) is 12.6. The highest BCUT2D eigenvalue weighted by atomic mass is 19.3. The van der Waals surface area contributed by atoms with Gasteiger partial charge in [-0.3, -0.25) is 4.79 Å². The van der Waals surface area contributed by atoms with Gasteiger partial charge in [-0.25, -0.2) is 0 Å². The molecule has 2 aromatic carbocycles. The summed E-state index contributed by atoms with van der Waals surface area (Å²) in [6, 6.07) is 13.8. The van der Waals surface area contributed by atoms with Crippen molar-refractivity contribution in [3.63, 3.8) is 0 Å². The van der Waals surface area contributed by atoms with Gasteiger partial charge >= 0.3 is 6.61 Å². The second kappa shape index (κ2) is 8.79. The van der Waals surface area contributed by atoms with Crippen molar-refractivity contribution in [3.8, 4) is 5.75 Å². The Morgan fingerprint density at radius 2 is 1.58 bits per heavy atom. The van der Waals surface area contributed by atoms with Gasteiger partial charge in [0.1, 0.15) is 5.75 Å². The number of rotatable bonds is 7. The topological polar surface area (TPSA) is 38.3 Å². The maximum absolute atomic E-state index is 12.6. The summed E-state index contributed by atoms with van der Waals surface area (Å²) in [7, 11) is 0. The molecule has 1 atom stereocenters. The average molecular weight is 361 g/mol. The van der Waals surface area contributed by atoms with E-state index >= 15 is 0 Å². The van der Waals surface area contributed by atoms with E-state index in [9.17, 15) is 13.6 Å². The molecule has 1 amide bonds. The third-order valence-corrected chi connectivity index (χ3v) is 4.24. The minimum atomic E-state index is -2.92. The molecule has 0 saturated heterocycles. The number of benzene rings is 2. The lowest BCUT2D eigenvalue weighted by atomic mass is 9.93. The molecule has 0 aromatic heterocycles. The Bertz CT molecular complexity index is 727. The van der Waals surface area contributed by atoms with E-state index in [1.165, 1.54) is 23.8 Å². The van der Waals surface area contributed by atoms with Crippen molar-refractivity contribution in [2.75, 3.05) is 0 Å². The van der Waals surface area contributed by atoms with Gasteiger partial charge in [0.05, 0.1) is 6.04 Å². The minimum Gasteiger partial charge on any atom is -0.435 e. The van der Waals surface area contributed by atoms with Crippen LogP contribution in [-0.2, 0) is 0 Å². The predicted molar refractivity (Wildman–Crippen MR) is 98.7 cm³/mol. The number of halogens is 2. The van der Waals surface area contributed by atoms with E-state index in [0.29, 0.717) is 5.92 Å². The highest BCUT2D eigenvalue weighted by molar-refractivity contribution is 5.94. The highest BCUT2D eigenvalue weighted by Crippen LogP contribution is 2.25. The Morgan fingerprint density at radius 1 is 0.962 bits per heavy atom. The number of carbonyl (C=O) groups excluding carboxylic acids is 1.